The van der Waals surface area contributed by atoms with Crippen LogP contribution in [0.3, 0.4) is 0 Å². The Labute approximate surface area is 105 Å². The van der Waals surface area contributed by atoms with Crippen LogP contribution in [0.2, 0.25) is 0 Å². The highest BCUT2D eigenvalue weighted by atomic mass is 16.6. The molecule has 1 rings (SSSR count). The molecule has 100 valence electrons. The fraction of sp³-hybridized carbons (Fsp3) is 0.545. The van der Waals surface area contributed by atoms with Crippen molar-refractivity contribution in [1.82, 2.24) is 9.88 Å². The highest BCUT2D eigenvalue weighted by molar-refractivity contribution is 5.93. The lowest BCUT2D eigenvalue weighted by molar-refractivity contribution is -0.391. The number of aromatic nitrogens is 1. The predicted octanol–water partition coefficient (Wildman–Crippen LogP) is 0.824. The van der Waals surface area contributed by atoms with E-state index in [0.29, 0.717) is 6.42 Å². The van der Waals surface area contributed by atoms with E-state index in [0.717, 1.165) is 0 Å². The van der Waals surface area contributed by atoms with Crippen molar-refractivity contribution in [3.8, 4) is 0 Å². The normalized spacial score (nSPS) is 11.3. The molecular weight excluding hydrogens is 238 g/mol. The molecule has 0 bridgehead atoms. The molecule has 0 unspecified atom stereocenters. The maximum atomic E-state index is 12.0. The number of amides is 1. The number of nitrogens with one attached hydrogen (secondary N) is 1. The molecule has 0 fully saturated rings. The van der Waals surface area contributed by atoms with Crippen LogP contribution in [0, 0.1) is 10.1 Å². The topological polar surface area (TPSA) is 97.4 Å². The third-order valence-electron chi connectivity index (χ3n) is 2.70. The zero-order valence-corrected chi connectivity index (χ0v) is 10.6. The van der Waals surface area contributed by atoms with Gasteiger partial charge in [-0.1, -0.05) is 0 Å². The minimum absolute atomic E-state index is 0.0411. The molecule has 1 aromatic rings. The number of rotatable bonds is 5. The molecule has 0 aliphatic heterocycles. The Morgan fingerprint density at radius 3 is 2.61 bits per heavy atom. The predicted molar refractivity (Wildman–Crippen MR) is 65.3 cm³/mol. The maximum Gasteiger partial charge on any atom is 0.323 e. The van der Waals surface area contributed by atoms with Gasteiger partial charge in [-0.05, 0) is 31.3 Å². The fourth-order valence-electron chi connectivity index (χ4n) is 1.63. The highest BCUT2D eigenvalue weighted by Gasteiger charge is 2.25. The molecule has 0 aliphatic rings. The molecule has 0 aromatic carbocycles. The molecule has 1 amide bonds. The van der Waals surface area contributed by atoms with Crippen LogP contribution in [0.4, 0.5) is 5.82 Å². The SMILES string of the molecule is Cn1c(C(=O)NC(C)(C)CCO)ccc1[N+](=O)[O-]. The molecule has 1 aromatic heterocycles. The van der Waals surface area contributed by atoms with Gasteiger partial charge in [-0.25, -0.2) is 4.57 Å². The third-order valence-corrected chi connectivity index (χ3v) is 2.70. The first-order chi connectivity index (χ1) is 8.28. The van der Waals surface area contributed by atoms with Crippen molar-refractivity contribution < 1.29 is 14.8 Å². The van der Waals surface area contributed by atoms with Gasteiger partial charge < -0.3 is 20.5 Å². The standard InChI is InChI=1S/C11H17N3O4/c1-11(2,6-7-15)12-10(16)8-4-5-9(13(8)3)14(17)18/h4-5,15H,6-7H2,1-3H3,(H,12,16). The number of nitrogens with zero attached hydrogens (tertiary/aromatic N) is 2. The number of nitro groups is 1. The van der Waals surface area contributed by atoms with Crippen molar-refractivity contribution >= 4 is 11.7 Å². The molecule has 0 saturated heterocycles. The average molecular weight is 255 g/mol. The van der Waals surface area contributed by atoms with Crippen LogP contribution < -0.4 is 5.32 Å². The molecule has 2 N–H and O–H groups in total. The minimum Gasteiger partial charge on any atom is -0.396 e. The van der Waals surface area contributed by atoms with Gasteiger partial charge in [0, 0.05) is 18.2 Å². The molecule has 0 aliphatic carbocycles. The van der Waals surface area contributed by atoms with Crippen LogP contribution in [0.15, 0.2) is 12.1 Å². The van der Waals surface area contributed by atoms with Crippen LogP contribution >= 0.6 is 0 Å². The molecule has 18 heavy (non-hydrogen) atoms. The second-order valence-electron chi connectivity index (χ2n) is 4.70. The number of carbonyl (C=O) groups excluding carboxylic acids is 1. The van der Waals surface area contributed by atoms with Crippen LogP contribution in [0.1, 0.15) is 30.8 Å². The number of carbonyl (C=O) groups is 1. The van der Waals surface area contributed by atoms with Gasteiger partial charge in [0.2, 0.25) is 0 Å². The van der Waals surface area contributed by atoms with E-state index in [9.17, 15) is 14.9 Å². The van der Waals surface area contributed by atoms with Gasteiger partial charge in [0.15, 0.2) is 5.69 Å². The van der Waals surface area contributed by atoms with E-state index in [1.807, 2.05) is 0 Å². The molecule has 0 spiro atoms. The van der Waals surface area contributed by atoms with Gasteiger partial charge in [-0.2, -0.15) is 0 Å². The van der Waals surface area contributed by atoms with Crippen molar-refractivity contribution in [3.63, 3.8) is 0 Å². The molecule has 0 atom stereocenters. The molecule has 0 radical (unpaired) electrons. The fourth-order valence-corrected chi connectivity index (χ4v) is 1.63. The second kappa shape index (κ2) is 5.18. The first-order valence-corrected chi connectivity index (χ1v) is 5.52. The summed E-state index contributed by atoms with van der Waals surface area (Å²) in [4.78, 5) is 22.1. The lowest BCUT2D eigenvalue weighted by Gasteiger charge is -2.24. The Morgan fingerprint density at radius 2 is 2.17 bits per heavy atom. The van der Waals surface area contributed by atoms with Crippen LogP contribution in [0.25, 0.3) is 0 Å². The van der Waals surface area contributed by atoms with Gasteiger partial charge >= 0.3 is 5.82 Å². The summed E-state index contributed by atoms with van der Waals surface area (Å²) >= 11 is 0. The molecule has 1 heterocycles. The molecular formula is C11H17N3O4. The summed E-state index contributed by atoms with van der Waals surface area (Å²) in [6.45, 7) is 3.51. The first-order valence-electron chi connectivity index (χ1n) is 5.52. The Kier molecular flexibility index (Phi) is 4.07. The summed E-state index contributed by atoms with van der Waals surface area (Å²) in [5, 5.41) is 22.3. The Balaban J connectivity index is 2.89. The summed E-state index contributed by atoms with van der Waals surface area (Å²) in [5.74, 6) is -0.538. The van der Waals surface area contributed by atoms with Crippen molar-refractivity contribution in [3.05, 3.63) is 27.9 Å². The lowest BCUT2D eigenvalue weighted by Crippen LogP contribution is -2.44. The first kappa shape index (κ1) is 14.2. The van der Waals surface area contributed by atoms with Gasteiger partial charge in [0.1, 0.15) is 0 Å². The van der Waals surface area contributed by atoms with Gasteiger partial charge in [0.25, 0.3) is 5.91 Å². The monoisotopic (exact) mass is 255 g/mol. The zero-order valence-electron chi connectivity index (χ0n) is 10.6. The molecule has 7 nitrogen and oxygen atoms in total. The summed E-state index contributed by atoms with van der Waals surface area (Å²) in [6.07, 6.45) is 0.408. The van der Waals surface area contributed by atoms with Crippen molar-refractivity contribution in [2.45, 2.75) is 25.8 Å². The zero-order chi connectivity index (χ0) is 13.9. The van der Waals surface area contributed by atoms with Crippen LogP contribution in [0.5, 0.6) is 0 Å². The van der Waals surface area contributed by atoms with Gasteiger partial charge in [-0.3, -0.25) is 4.79 Å². The highest BCUT2D eigenvalue weighted by Crippen LogP contribution is 2.16. The van der Waals surface area contributed by atoms with Crippen molar-refractivity contribution in [2.75, 3.05) is 6.61 Å². The smallest absolute Gasteiger partial charge is 0.323 e. The summed E-state index contributed by atoms with van der Waals surface area (Å²) < 4.78 is 1.23. The third kappa shape index (κ3) is 3.07. The summed E-state index contributed by atoms with van der Waals surface area (Å²) in [7, 11) is 1.46. The van der Waals surface area contributed by atoms with Gasteiger partial charge in [0.05, 0.1) is 7.05 Å². The van der Waals surface area contributed by atoms with E-state index in [4.69, 9.17) is 5.11 Å². The van der Waals surface area contributed by atoms with E-state index in [1.165, 1.54) is 23.7 Å². The quantitative estimate of drug-likeness (QED) is 0.601. The van der Waals surface area contributed by atoms with E-state index < -0.39 is 16.4 Å². The van der Waals surface area contributed by atoms with E-state index in [-0.39, 0.29) is 18.1 Å². The largest absolute Gasteiger partial charge is 0.396 e. The molecule has 0 saturated carbocycles. The van der Waals surface area contributed by atoms with Crippen molar-refractivity contribution in [1.29, 1.82) is 0 Å². The Morgan fingerprint density at radius 1 is 1.56 bits per heavy atom. The molecule has 7 heteroatoms. The Bertz CT molecular complexity index is 465. The van der Waals surface area contributed by atoms with E-state index in [1.54, 1.807) is 13.8 Å². The number of hydrogen-bond donors (Lipinski definition) is 2. The number of aliphatic hydroxyl groups excluding tert-OH is 1. The maximum absolute atomic E-state index is 12.0. The van der Waals surface area contributed by atoms with E-state index in [2.05, 4.69) is 5.32 Å². The summed E-state index contributed by atoms with van der Waals surface area (Å²) in [5.41, 5.74) is -0.349. The summed E-state index contributed by atoms with van der Waals surface area (Å²) in [6, 6.07) is 2.69. The number of hydrogen-bond acceptors (Lipinski definition) is 4. The van der Waals surface area contributed by atoms with Crippen LogP contribution in [-0.4, -0.2) is 32.6 Å². The van der Waals surface area contributed by atoms with Crippen molar-refractivity contribution in [2.24, 2.45) is 7.05 Å². The number of aliphatic hydroxyl groups is 1. The Hall–Kier alpha value is -1.89. The van der Waals surface area contributed by atoms with Crippen LogP contribution in [-0.2, 0) is 7.05 Å². The lowest BCUT2D eigenvalue weighted by atomic mass is 10.0. The minimum atomic E-state index is -0.565. The average Bonchev–Trinajstić information content (AvgIpc) is 2.58. The van der Waals surface area contributed by atoms with E-state index >= 15 is 0 Å². The second-order valence-corrected chi connectivity index (χ2v) is 4.70. The van der Waals surface area contributed by atoms with Gasteiger partial charge in [-0.15, -0.1) is 0 Å².